The average Bonchev–Trinajstić information content (AvgIpc) is 2.88. The summed E-state index contributed by atoms with van der Waals surface area (Å²) < 4.78 is 19.8. The third kappa shape index (κ3) is 7.58. The lowest BCUT2D eigenvalue weighted by molar-refractivity contribution is -0.124. The van der Waals surface area contributed by atoms with E-state index in [2.05, 4.69) is 20.5 Å². The van der Waals surface area contributed by atoms with Crippen molar-refractivity contribution in [1.29, 1.82) is 0 Å². The molecule has 3 heterocycles. The van der Waals surface area contributed by atoms with Gasteiger partial charge in [0, 0.05) is 23.6 Å². The van der Waals surface area contributed by atoms with Crippen molar-refractivity contribution >= 4 is 11.8 Å². The average molecular weight is 497 g/mol. The summed E-state index contributed by atoms with van der Waals surface area (Å²) in [6.45, 7) is 7.78. The number of piperidine rings is 2. The second-order valence-corrected chi connectivity index (χ2v) is 10.5. The SMILES string of the molecule is CC(C)(F)CN1CCC(COc2ccc(-c3ccc(C(=O)NC(=O)C4CCNCC4)cc3)nc2)CC1. The van der Waals surface area contributed by atoms with Gasteiger partial charge in [0.25, 0.3) is 5.91 Å². The number of rotatable bonds is 8. The highest BCUT2D eigenvalue weighted by molar-refractivity contribution is 6.05. The minimum Gasteiger partial charge on any atom is -0.492 e. The molecule has 0 unspecified atom stereocenters. The maximum absolute atomic E-state index is 13.9. The van der Waals surface area contributed by atoms with Gasteiger partial charge in [0.2, 0.25) is 5.91 Å². The summed E-state index contributed by atoms with van der Waals surface area (Å²) in [5.74, 6) is 0.501. The van der Waals surface area contributed by atoms with E-state index in [1.807, 2.05) is 24.3 Å². The third-order valence-electron chi connectivity index (χ3n) is 6.92. The zero-order valence-corrected chi connectivity index (χ0v) is 21.3. The first-order chi connectivity index (χ1) is 17.3. The summed E-state index contributed by atoms with van der Waals surface area (Å²) in [7, 11) is 0. The van der Waals surface area contributed by atoms with Crippen LogP contribution in [-0.2, 0) is 4.79 Å². The number of pyridine rings is 1. The topological polar surface area (TPSA) is 83.6 Å². The van der Waals surface area contributed by atoms with Gasteiger partial charge in [-0.3, -0.25) is 19.9 Å². The molecule has 0 atom stereocenters. The Morgan fingerprint density at radius 2 is 1.78 bits per heavy atom. The molecule has 0 aliphatic carbocycles. The molecule has 0 spiro atoms. The molecule has 2 amide bonds. The largest absolute Gasteiger partial charge is 0.492 e. The van der Waals surface area contributed by atoms with Crippen molar-refractivity contribution in [2.75, 3.05) is 39.3 Å². The van der Waals surface area contributed by atoms with Gasteiger partial charge in [-0.05, 0) is 95.9 Å². The summed E-state index contributed by atoms with van der Waals surface area (Å²) in [4.78, 5) is 31.5. The third-order valence-corrected chi connectivity index (χ3v) is 6.92. The van der Waals surface area contributed by atoms with Gasteiger partial charge >= 0.3 is 0 Å². The number of nitrogens with one attached hydrogen (secondary N) is 2. The van der Waals surface area contributed by atoms with Crippen molar-refractivity contribution in [2.24, 2.45) is 11.8 Å². The van der Waals surface area contributed by atoms with Gasteiger partial charge in [-0.15, -0.1) is 0 Å². The number of aromatic nitrogens is 1. The van der Waals surface area contributed by atoms with E-state index in [9.17, 15) is 14.0 Å². The first-order valence-electron chi connectivity index (χ1n) is 12.9. The molecule has 4 rings (SSSR count). The molecule has 0 bridgehead atoms. The number of alkyl halides is 1. The number of nitrogens with zero attached hydrogens (tertiary/aromatic N) is 2. The second-order valence-electron chi connectivity index (χ2n) is 10.5. The van der Waals surface area contributed by atoms with E-state index in [1.165, 1.54) is 0 Å². The predicted octanol–water partition coefficient (Wildman–Crippen LogP) is 3.84. The quantitative estimate of drug-likeness (QED) is 0.541. The summed E-state index contributed by atoms with van der Waals surface area (Å²) in [6.07, 6.45) is 5.23. The van der Waals surface area contributed by atoms with Crippen LogP contribution < -0.4 is 15.4 Å². The maximum Gasteiger partial charge on any atom is 0.257 e. The molecule has 36 heavy (non-hydrogen) atoms. The maximum atomic E-state index is 13.9. The summed E-state index contributed by atoms with van der Waals surface area (Å²) >= 11 is 0. The van der Waals surface area contributed by atoms with Gasteiger partial charge in [-0.1, -0.05) is 12.1 Å². The molecule has 2 aliphatic rings. The van der Waals surface area contributed by atoms with Crippen molar-refractivity contribution in [2.45, 2.75) is 45.2 Å². The van der Waals surface area contributed by atoms with Gasteiger partial charge in [0.05, 0.1) is 18.5 Å². The Morgan fingerprint density at radius 1 is 1.08 bits per heavy atom. The zero-order valence-electron chi connectivity index (χ0n) is 21.3. The van der Waals surface area contributed by atoms with Crippen LogP contribution in [0.15, 0.2) is 42.6 Å². The first-order valence-corrected chi connectivity index (χ1v) is 12.9. The van der Waals surface area contributed by atoms with Crippen LogP contribution in [0.3, 0.4) is 0 Å². The van der Waals surface area contributed by atoms with Crippen LogP contribution in [-0.4, -0.2) is 66.7 Å². The summed E-state index contributed by atoms with van der Waals surface area (Å²) in [5, 5.41) is 5.75. The number of benzene rings is 1. The van der Waals surface area contributed by atoms with Gasteiger partial charge in [-0.25, -0.2) is 4.39 Å². The van der Waals surface area contributed by atoms with E-state index in [0.29, 0.717) is 24.6 Å². The Labute approximate surface area is 212 Å². The first kappa shape index (κ1) is 26.2. The van der Waals surface area contributed by atoms with Gasteiger partial charge in [0.1, 0.15) is 11.4 Å². The van der Waals surface area contributed by atoms with E-state index in [1.54, 1.807) is 32.2 Å². The van der Waals surface area contributed by atoms with Crippen molar-refractivity contribution in [1.82, 2.24) is 20.5 Å². The lowest BCUT2D eigenvalue weighted by atomic mass is 9.97. The molecule has 2 fully saturated rings. The van der Waals surface area contributed by atoms with Gasteiger partial charge in [0.15, 0.2) is 0 Å². The normalized spacial score (nSPS) is 18.1. The number of likely N-dealkylation sites (tertiary alicyclic amines) is 1. The van der Waals surface area contributed by atoms with E-state index in [4.69, 9.17) is 4.74 Å². The molecule has 2 saturated heterocycles. The predicted molar refractivity (Wildman–Crippen MR) is 138 cm³/mol. The molecule has 8 heteroatoms. The van der Waals surface area contributed by atoms with E-state index < -0.39 is 5.67 Å². The minimum absolute atomic E-state index is 0.110. The zero-order chi connectivity index (χ0) is 25.5. The van der Waals surface area contributed by atoms with Crippen LogP contribution in [0.1, 0.15) is 49.9 Å². The smallest absolute Gasteiger partial charge is 0.257 e. The Hall–Kier alpha value is -2.84. The fraction of sp³-hybridized carbons (Fsp3) is 0.536. The van der Waals surface area contributed by atoms with Crippen molar-refractivity contribution in [3.05, 3.63) is 48.2 Å². The van der Waals surface area contributed by atoms with Crippen LogP contribution in [0.4, 0.5) is 4.39 Å². The van der Waals surface area contributed by atoms with Crippen LogP contribution >= 0.6 is 0 Å². The molecule has 7 nitrogen and oxygen atoms in total. The molecule has 0 saturated carbocycles. The lowest BCUT2D eigenvalue weighted by Gasteiger charge is -2.34. The lowest BCUT2D eigenvalue weighted by Crippen LogP contribution is -2.41. The van der Waals surface area contributed by atoms with Crippen molar-refractivity contribution < 1.29 is 18.7 Å². The minimum atomic E-state index is -1.16. The highest BCUT2D eigenvalue weighted by Crippen LogP contribution is 2.24. The Balaban J connectivity index is 1.24. The number of hydrogen-bond acceptors (Lipinski definition) is 6. The van der Waals surface area contributed by atoms with E-state index in [-0.39, 0.29) is 17.7 Å². The molecule has 1 aromatic carbocycles. The van der Waals surface area contributed by atoms with Crippen molar-refractivity contribution in [3.8, 4) is 17.0 Å². The number of amides is 2. The fourth-order valence-corrected chi connectivity index (χ4v) is 4.86. The summed E-state index contributed by atoms with van der Waals surface area (Å²) in [6, 6.07) is 10.9. The number of ether oxygens (including phenoxy) is 1. The molecule has 2 aliphatic heterocycles. The number of halogens is 1. The molecular weight excluding hydrogens is 459 g/mol. The number of hydrogen-bond donors (Lipinski definition) is 2. The number of imide groups is 1. The standard InChI is InChI=1S/C28H37FN4O3/c1-28(2,29)19-33-15-11-20(12-16-33)18-36-24-7-8-25(31-17-24)21-3-5-22(6-4-21)26(34)32-27(35)23-9-13-30-14-10-23/h3-8,17,20,23,30H,9-16,18-19H2,1-2H3,(H,32,34,35). The summed E-state index contributed by atoms with van der Waals surface area (Å²) in [5.41, 5.74) is 0.949. The van der Waals surface area contributed by atoms with Crippen molar-refractivity contribution in [3.63, 3.8) is 0 Å². The second kappa shape index (κ2) is 11.9. The van der Waals surface area contributed by atoms with Crippen LogP contribution in [0, 0.1) is 11.8 Å². The monoisotopic (exact) mass is 496 g/mol. The molecule has 2 aromatic rings. The van der Waals surface area contributed by atoms with Crippen LogP contribution in [0.5, 0.6) is 5.75 Å². The highest BCUT2D eigenvalue weighted by atomic mass is 19.1. The molecule has 194 valence electrons. The fourth-order valence-electron chi connectivity index (χ4n) is 4.86. The number of carbonyl (C=O) groups excluding carboxylic acids is 2. The molecule has 0 radical (unpaired) electrons. The van der Waals surface area contributed by atoms with Crippen LogP contribution in [0.25, 0.3) is 11.3 Å². The molecular formula is C28H37FN4O3. The molecule has 2 N–H and O–H groups in total. The van der Waals surface area contributed by atoms with Crippen LogP contribution in [0.2, 0.25) is 0 Å². The van der Waals surface area contributed by atoms with E-state index >= 15 is 0 Å². The number of carbonyl (C=O) groups is 2. The highest BCUT2D eigenvalue weighted by Gasteiger charge is 2.26. The molecule has 1 aromatic heterocycles. The van der Waals surface area contributed by atoms with Gasteiger partial charge in [-0.2, -0.15) is 0 Å². The van der Waals surface area contributed by atoms with E-state index in [0.717, 1.165) is 68.9 Å². The Kier molecular flexibility index (Phi) is 8.69. The van der Waals surface area contributed by atoms with Gasteiger partial charge < -0.3 is 15.0 Å². The Morgan fingerprint density at radius 3 is 2.39 bits per heavy atom. The Bertz CT molecular complexity index is 1010.